The number of carbonyl (C=O) groups excluding carboxylic acids is 1. The fourth-order valence-corrected chi connectivity index (χ4v) is 2.80. The molecule has 5 heteroatoms. The zero-order valence-electron chi connectivity index (χ0n) is 16.3. The number of aliphatic hydroxyl groups excluding tert-OH is 1. The van der Waals surface area contributed by atoms with E-state index in [1.807, 2.05) is 24.3 Å². The summed E-state index contributed by atoms with van der Waals surface area (Å²) in [4.78, 5) is 22.3. The van der Waals surface area contributed by atoms with Crippen molar-refractivity contribution in [3.8, 4) is 0 Å². The number of hydrogen-bond donors (Lipinski definition) is 3. The van der Waals surface area contributed by atoms with Crippen LogP contribution in [0.1, 0.15) is 76.7 Å². The minimum atomic E-state index is -0.894. The van der Waals surface area contributed by atoms with E-state index in [4.69, 9.17) is 5.11 Å². The molecule has 0 saturated carbocycles. The average Bonchev–Trinajstić information content (AvgIpc) is 2.63. The van der Waals surface area contributed by atoms with E-state index < -0.39 is 12.1 Å². The number of carboxylic acid groups (broad SMARTS) is 1. The molecule has 150 valence electrons. The summed E-state index contributed by atoms with van der Waals surface area (Å²) in [5.74, 6) is -1.09. The van der Waals surface area contributed by atoms with Crippen molar-refractivity contribution in [2.24, 2.45) is 0 Å². The Labute approximate surface area is 162 Å². The van der Waals surface area contributed by atoms with Gasteiger partial charge in [-0.25, -0.2) is 0 Å². The van der Waals surface area contributed by atoms with Crippen molar-refractivity contribution in [3.05, 3.63) is 35.9 Å². The van der Waals surface area contributed by atoms with Gasteiger partial charge in [-0.05, 0) is 30.5 Å². The Kier molecular flexibility index (Phi) is 11.9. The molecule has 0 bridgehead atoms. The zero-order valence-corrected chi connectivity index (χ0v) is 16.3. The van der Waals surface area contributed by atoms with Gasteiger partial charge < -0.3 is 15.5 Å². The molecular weight excluding hydrogens is 342 g/mol. The fraction of sp³-hybridized carbons (Fsp3) is 0.545. The van der Waals surface area contributed by atoms with Gasteiger partial charge in [-0.15, -0.1) is 0 Å². The van der Waals surface area contributed by atoms with Crippen molar-refractivity contribution in [2.45, 2.75) is 77.2 Å². The number of nitrogens with one attached hydrogen (secondary N) is 1. The number of unbranched alkanes of at least 4 members (excludes halogenated alkanes) is 5. The number of rotatable bonds is 14. The molecule has 1 atom stereocenters. The minimum Gasteiger partial charge on any atom is -0.481 e. The van der Waals surface area contributed by atoms with E-state index in [-0.39, 0.29) is 18.7 Å². The number of amides is 1. The van der Waals surface area contributed by atoms with E-state index in [9.17, 15) is 14.7 Å². The number of hydrogen-bond acceptors (Lipinski definition) is 3. The third-order valence-electron chi connectivity index (χ3n) is 4.33. The van der Waals surface area contributed by atoms with Crippen LogP contribution < -0.4 is 5.32 Å². The highest BCUT2D eigenvalue weighted by Crippen LogP contribution is 2.14. The second-order valence-electron chi connectivity index (χ2n) is 6.90. The lowest BCUT2D eigenvalue weighted by molar-refractivity contribution is -0.137. The monoisotopic (exact) mass is 375 g/mol. The number of aliphatic hydroxyl groups is 1. The summed E-state index contributed by atoms with van der Waals surface area (Å²) in [6.07, 6.45) is 11.7. The molecule has 0 heterocycles. The lowest BCUT2D eigenvalue weighted by atomic mass is 10.1. The summed E-state index contributed by atoms with van der Waals surface area (Å²) < 4.78 is 0. The number of anilines is 1. The van der Waals surface area contributed by atoms with Crippen molar-refractivity contribution in [2.75, 3.05) is 5.32 Å². The Bertz CT molecular complexity index is 598. The Hall–Kier alpha value is -2.14. The summed E-state index contributed by atoms with van der Waals surface area (Å²) >= 11 is 0. The number of benzene rings is 1. The summed E-state index contributed by atoms with van der Waals surface area (Å²) in [6, 6.07) is 7.38. The van der Waals surface area contributed by atoms with Gasteiger partial charge in [0.05, 0.1) is 6.10 Å². The highest BCUT2D eigenvalue weighted by atomic mass is 16.4. The molecule has 5 nitrogen and oxygen atoms in total. The van der Waals surface area contributed by atoms with Crippen molar-refractivity contribution in [3.63, 3.8) is 0 Å². The quantitative estimate of drug-likeness (QED) is 0.399. The third-order valence-corrected chi connectivity index (χ3v) is 4.33. The minimum absolute atomic E-state index is 0.00725. The van der Waals surface area contributed by atoms with Crippen molar-refractivity contribution in [1.82, 2.24) is 0 Å². The topological polar surface area (TPSA) is 86.6 Å². The highest BCUT2D eigenvalue weighted by molar-refractivity contribution is 5.91. The molecule has 1 unspecified atom stereocenters. The third kappa shape index (κ3) is 12.0. The van der Waals surface area contributed by atoms with Gasteiger partial charge in [0.1, 0.15) is 0 Å². The van der Waals surface area contributed by atoms with Crippen LogP contribution >= 0.6 is 0 Å². The first-order chi connectivity index (χ1) is 13.0. The van der Waals surface area contributed by atoms with E-state index in [0.717, 1.165) is 24.8 Å². The lowest BCUT2D eigenvalue weighted by Crippen LogP contribution is -2.11. The van der Waals surface area contributed by atoms with Crippen LogP contribution in [0.4, 0.5) is 5.69 Å². The van der Waals surface area contributed by atoms with Crippen LogP contribution in [-0.4, -0.2) is 28.2 Å². The standard InChI is InChI=1S/C22H33NO4/c1-2-3-4-5-6-7-12-20(24)16-15-18-10-8-11-19(17-18)23-21(25)13-9-14-22(26)27/h8,10-11,15-17,20,24H,2-7,9,12-14H2,1H3,(H,23,25)(H,26,27)/b16-15+. The van der Waals surface area contributed by atoms with Crippen LogP contribution in [0.15, 0.2) is 30.3 Å². The molecule has 0 aliphatic heterocycles. The molecule has 0 aliphatic carbocycles. The number of carboxylic acids is 1. The van der Waals surface area contributed by atoms with Gasteiger partial charge in [0.2, 0.25) is 5.91 Å². The predicted molar refractivity (Wildman–Crippen MR) is 110 cm³/mol. The van der Waals surface area contributed by atoms with Crippen LogP contribution in [0.25, 0.3) is 6.08 Å². The SMILES string of the molecule is CCCCCCCCC(O)/C=C/c1cccc(NC(=O)CCCC(=O)O)c1. The molecule has 0 aliphatic rings. The van der Waals surface area contributed by atoms with E-state index in [2.05, 4.69) is 12.2 Å². The second kappa shape index (κ2) is 14.0. The number of carbonyl (C=O) groups is 2. The van der Waals surface area contributed by atoms with Gasteiger partial charge in [-0.1, -0.05) is 69.7 Å². The number of aliphatic carboxylic acids is 1. The lowest BCUT2D eigenvalue weighted by Gasteiger charge is -2.07. The van der Waals surface area contributed by atoms with Gasteiger partial charge in [0, 0.05) is 18.5 Å². The van der Waals surface area contributed by atoms with E-state index in [0.29, 0.717) is 12.1 Å². The molecule has 0 radical (unpaired) electrons. The van der Waals surface area contributed by atoms with Crippen LogP contribution in [0.5, 0.6) is 0 Å². The maximum atomic E-state index is 11.8. The first-order valence-corrected chi connectivity index (χ1v) is 9.99. The van der Waals surface area contributed by atoms with E-state index >= 15 is 0 Å². The van der Waals surface area contributed by atoms with Crippen LogP contribution in [0.2, 0.25) is 0 Å². The van der Waals surface area contributed by atoms with Crippen molar-refractivity contribution >= 4 is 23.6 Å². The Balaban J connectivity index is 2.36. The molecule has 0 spiro atoms. The molecule has 1 amide bonds. The van der Waals surface area contributed by atoms with Gasteiger partial charge >= 0.3 is 5.97 Å². The van der Waals surface area contributed by atoms with Gasteiger partial charge in [0.15, 0.2) is 0 Å². The summed E-state index contributed by atoms with van der Waals surface area (Å²) in [5, 5.41) is 21.4. The summed E-state index contributed by atoms with van der Waals surface area (Å²) in [7, 11) is 0. The van der Waals surface area contributed by atoms with Gasteiger partial charge in [0.25, 0.3) is 0 Å². The van der Waals surface area contributed by atoms with Gasteiger partial charge in [-0.3, -0.25) is 9.59 Å². The van der Waals surface area contributed by atoms with E-state index in [1.54, 1.807) is 12.1 Å². The highest BCUT2D eigenvalue weighted by Gasteiger charge is 2.05. The van der Waals surface area contributed by atoms with Crippen LogP contribution in [0.3, 0.4) is 0 Å². The Morgan fingerprint density at radius 2 is 1.81 bits per heavy atom. The first kappa shape index (κ1) is 22.9. The van der Waals surface area contributed by atoms with Crippen molar-refractivity contribution in [1.29, 1.82) is 0 Å². The zero-order chi connectivity index (χ0) is 19.9. The average molecular weight is 376 g/mol. The molecule has 1 aromatic carbocycles. The molecule has 0 aromatic heterocycles. The molecule has 27 heavy (non-hydrogen) atoms. The summed E-state index contributed by atoms with van der Waals surface area (Å²) in [6.45, 7) is 2.20. The fourth-order valence-electron chi connectivity index (χ4n) is 2.80. The Morgan fingerprint density at radius 1 is 1.07 bits per heavy atom. The molecule has 1 aromatic rings. The molecule has 3 N–H and O–H groups in total. The molecule has 0 saturated heterocycles. The van der Waals surface area contributed by atoms with Crippen molar-refractivity contribution < 1.29 is 19.8 Å². The molecule has 0 fully saturated rings. The summed E-state index contributed by atoms with van der Waals surface area (Å²) in [5.41, 5.74) is 1.57. The predicted octanol–water partition coefficient (Wildman–Crippen LogP) is 5.00. The molecular formula is C22H33NO4. The second-order valence-corrected chi connectivity index (χ2v) is 6.90. The largest absolute Gasteiger partial charge is 0.481 e. The smallest absolute Gasteiger partial charge is 0.303 e. The maximum absolute atomic E-state index is 11.8. The Morgan fingerprint density at radius 3 is 2.56 bits per heavy atom. The van der Waals surface area contributed by atoms with E-state index in [1.165, 1.54) is 25.7 Å². The van der Waals surface area contributed by atoms with Crippen LogP contribution in [0, 0.1) is 0 Å². The van der Waals surface area contributed by atoms with Gasteiger partial charge in [-0.2, -0.15) is 0 Å². The van der Waals surface area contributed by atoms with Crippen LogP contribution in [-0.2, 0) is 9.59 Å². The maximum Gasteiger partial charge on any atom is 0.303 e. The molecule has 1 rings (SSSR count). The first-order valence-electron chi connectivity index (χ1n) is 9.99. The normalized spacial score (nSPS) is 12.2.